The Morgan fingerprint density at radius 1 is 1.00 bits per heavy atom. The molecule has 0 saturated carbocycles. The summed E-state index contributed by atoms with van der Waals surface area (Å²) in [5.41, 5.74) is 3.34. The third kappa shape index (κ3) is 3.95. The van der Waals surface area contributed by atoms with Crippen molar-refractivity contribution >= 4 is 23.6 Å². The van der Waals surface area contributed by atoms with Gasteiger partial charge in [0.15, 0.2) is 11.5 Å². The van der Waals surface area contributed by atoms with E-state index in [1.165, 1.54) is 11.1 Å². The van der Waals surface area contributed by atoms with Crippen molar-refractivity contribution in [3.05, 3.63) is 59.7 Å². The highest BCUT2D eigenvalue weighted by Crippen LogP contribution is 2.36. The van der Waals surface area contributed by atoms with Crippen LogP contribution >= 0.6 is 0 Å². The van der Waals surface area contributed by atoms with E-state index < -0.39 is 17.4 Å². The molecule has 1 heterocycles. The average molecular weight is 366 g/mol. The van der Waals surface area contributed by atoms with Crippen LogP contribution in [0, 0.1) is 0 Å². The number of nitrogens with zero attached hydrogens (tertiary/aromatic N) is 1. The minimum Gasteiger partial charge on any atom is -0.493 e. The predicted octanol–water partition coefficient (Wildman–Crippen LogP) is 3.33. The fourth-order valence-electron chi connectivity index (χ4n) is 2.69. The second-order valence-corrected chi connectivity index (χ2v) is 7.07. The average Bonchev–Trinajstić information content (AvgIpc) is 2.91. The molecule has 0 spiro atoms. The third-order valence-corrected chi connectivity index (χ3v) is 3.84. The molecule has 0 aliphatic carbocycles. The zero-order valence-electron chi connectivity index (χ0n) is 15.8. The van der Waals surface area contributed by atoms with Crippen LogP contribution in [0.15, 0.2) is 54.1 Å². The first-order valence-electron chi connectivity index (χ1n) is 8.58. The van der Waals surface area contributed by atoms with Gasteiger partial charge >= 0.3 is 0 Å². The van der Waals surface area contributed by atoms with Gasteiger partial charge in [-0.1, -0.05) is 30.3 Å². The molecule has 2 aromatic carbocycles. The van der Waals surface area contributed by atoms with E-state index in [0.29, 0.717) is 22.7 Å². The zero-order valence-corrected chi connectivity index (χ0v) is 15.8. The molecule has 3 rings (SSSR count). The van der Waals surface area contributed by atoms with Crippen LogP contribution in [0.5, 0.6) is 11.5 Å². The Hall–Kier alpha value is -3.28. The van der Waals surface area contributed by atoms with Crippen molar-refractivity contribution in [2.75, 3.05) is 12.1 Å². The molecule has 27 heavy (non-hydrogen) atoms. The van der Waals surface area contributed by atoms with Crippen LogP contribution in [0.25, 0.3) is 6.08 Å². The Bertz CT molecular complexity index is 898. The number of para-hydroxylation sites is 2. The first-order chi connectivity index (χ1) is 12.8. The lowest BCUT2D eigenvalue weighted by Crippen LogP contribution is -2.35. The number of carbonyl (C=O) groups excluding carboxylic acids is 2. The molecule has 0 aromatic heterocycles. The summed E-state index contributed by atoms with van der Waals surface area (Å²) in [6, 6.07) is 14.3. The van der Waals surface area contributed by atoms with Crippen molar-refractivity contribution in [1.29, 1.82) is 0 Å². The molecule has 0 bridgehead atoms. The number of amides is 2. The number of ether oxygens (including phenoxy) is 2. The highest BCUT2D eigenvalue weighted by molar-refractivity contribution is 6.31. The Morgan fingerprint density at radius 3 is 2.33 bits per heavy atom. The molecular formula is C21H22N2O4. The summed E-state index contributed by atoms with van der Waals surface area (Å²) < 4.78 is 11.4. The largest absolute Gasteiger partial charge is 0.493 e. The standard InChI is InChI=1S/C21H22N2O4/c1-21(2,3)27-18-14(9-8-12-17(18)26-4)13-16-19(24)22-23(20(16)25)15-10-6-5-7-11-15/h5-13H,1-4H3,(H,22,24). The van der Waals surface area contributed by atoms with Crippen LogP contribution in [0.2, 0.25) is 0 Å². The van der Waals surface area contributed by atoms with E-state index >= 15 is 0 Å². The van der Waals surface area contributed by atoms with Crippen LogP contribution < -0.4 is 19.9 Å². The maximum Gasteiger partial charge on any atom is 0.282 e. The first kappa shape index (κ1) is 18.5. The molecule has 0 atom stereocenters. The van der Waals surface area contributed by atoms with E-state index in [-0.39, 0.29) is 5.57 Å². The maximum absolute atomic E-state index is 12.8. The van der Waals surface area contributed by atoms with Gasteiger partial charge in [-0.05, 0) is 45.0 Å². The number of hydrazine groups is 1. The minimum atomic E-state index is -0.472. The fraction of sp³-hybridized carbons (Fsp3) is 0.238. The summed E-state index contributed by atoms with van der Waals surface area (Å²) in [6.07, 6.45) is 1.53. The monoisotopic (exact) mass is 366 g/mol. The fourth-order valence-corrected chi connectivity index (χ4v) is 2.69. The zero-order chi connectivity index (χ0) is 19.6. The summed E-state index contributed by atoms with van der Waals surface area (Å²) in [5, 5.41) is 1.23. The van der Waals surface area contributed by atoms with Gasteiger partial charge < -0.3 is 9.47 Å². The maximum atomic E-state index is 12.8. The summed E-state index contributed by atoms with van der Waals surface area (Å²) in [4.78, 5) is 25.2. The SMILES string of the molecule is COc1cccc(C=C2C(=O)NN(c3ccccc3)C2=O)c1OC(C)(C)C. The Kier molecular flexibility index (Phi) is 4.90. The van der Waals surface area contributed by atoms with E-state index in [0.717, 1.165) is 0 Å². The Labute approximate surface area is 158 Å². The number of nitrogens with one attached hydrogen (secondary N) is 1. The highest BCUT2D eigenvalue weighted by Gasteiger charge is 2.34. The topological polar surface area (TPSA) is 67.9 Å². The van der Waals surface area contributed by atoms with Crippen molar-refractivity contribution in [2.24, 2.45) is 0 Å². The van der Waals surface area contributed by atoms with Gasteiger partial charge in [0.05, 0.1) is 12.8 Å². The molecule has 2 aromatic rings. The van der Waals surface area contributed by atoms with Crippen LogP contribution in [-0.4, -0.2) is 24.5 Å². The normalized spacial score (nSPS) is 15.9. The number of rotatable bonds is 4. The van der Waals surface area contributed by atoms with Crippen molar-refractivity contribution in [2.45, 2.75) is 26.4 Å². The summed E-state index contributed by atoms with van der Waals surface area (Å²) in [6.45, 7) is 5.75. The van der Waals surface area contributed by atoms with E-state index in [9.17, 15) is 9.59 Å². The number of benzene rings is 2. The molecule has 6 heteroatoms. The van der Waals surface area contributed by atoms with Crippen LogP contribution in [-0.2, 0) is 9.59 Å². The molecule has 1 fully saturated rings. The van der Waals surface area contributed by atoms with Gasteiger partial charge in [0.25, 0.3) is 11.8 Å². The highest BCUT2D eigenvalue weighted by atomic mass is 16.5. The van der Waals surface area contributed by atoms with Crippen molar-refractivity contribution in [3.8, 4) is 11.5 Å². The van der Waals surface area contributed by atoms with Gasteiger partial charge in [-0.25, -0.2) is 5.01 Å². The molecule has 0 radical (unpaired) electrons. The van der Waals surface area contributed by atoms with Crippen LogP contribution in [0.1, 0.15) is 26.3 Å². The molecule has 1 aliphatic heterocycles. The molecule has 1 saturated heterocycles. The lowest BCUT2D eigenvalue weighted by molar-refractivity contribution is -0.117. The second kappa shape index (κ2) is 7.15. The smallest absolute Gasteiger partial charge is 0.282 e. The molecule has 140 valence electrons. The van der Waals surface area contributed by atoms with E-state index in [2.05, 4.69) is 5.43 Å². The number of hydrogen-bond acceptors (Lipinski definition) is 4. The van der Waals surface area contributed by atoms with E-state index in [4.69, 9.17) is 9.47 Å². The number of carbonyl (C=O) groups is 2. The lowest BCUT2D eigenvalue weighted by Gasteiger charge is -2.24. The van der Waals surface area contributed by atoms with Gasteiger partial charge in [-0.3, -0.25) is 15.0 Å². The number of anilines is 1. The van der Waals surface area contributed by atoms with Crippen molar-refractivity contribution < 1.29 is 19.1 Å². The van der Waals surface area contributed by atoms with Gasteiger partial charge in [0.2, 0.25) is 0 Å². The molecule has 0 unspecified atom stereocenters. The van der Waals surface area contributed by atoms with Gasteiger partial charge in [0, 0.05) is 5.56 Å². The van der Waals surface area contributed by atoms with E-state index in [1.807, 2.05) is 26.8 Å². The molecule has 1 N–H and O–H groups in total. The first-order valence-corrected chi connectivity index (χ1v) is 8.58. The number of methoxy groups -OCH3 is 1. The molecular weight excluding hydrogens is 344 g/mol. The van der Waals surface area contributed by atoms with Gasteiger partial charge in [-0.2, -0.15) is 0 Å². The summed E-state index contributed by atoms with van der Waals surface area (Å²) >= 11 is 0. The quantitative estimate of drug-likeness (QED) is 0.666. The second-order valence-electron chi connectivity index (χ2n) is 7.07. The molecule has 6 nitrogen and oxygen atoms in total. The molecule has 1 aliphatic rings. The Balaban J connectivity index is 2.01. The Morgan fingerprint density at radius 2 is 1.70 bits per heavy atom. The summed E-state index contributed by atoms with van der Waals surface area (Å²) in [5.74, 6) is 0.132. The van der Waals surface area contributed by atoms with Crippen molar-refractivity contribution in [1.82, 2.24) is 5.43 Å². The predicted molar refractivity (Wildman–Crippen MR) is 103 cm³/mol. The van der Waals surface area contributed by atoms with Crippen LogP contribution in [0.3, 0.4) is 0 Å². The van der Waals surface area contributed by atoms with Crippen molar-refractivity contribution in [3.63, 3.8) is 0 Å². The van der Waals surface area contributed by atoms with Gasteiger partial charge in [-0.15, -0.1) is 0 Å². The number of hydrogen-bond donors (Lipinski definition) is 1. The van der Waals surface area contributed by atoms with E-state index in [1.54, 1.807) is 49.6 Å². The van der Waals surface area contributed by atoms with Crippen LogP contribution in [0.4, 0.5) is 5.69 Å². The third-order valence-electron chi connectivity index (χ3n) is 3.84. The lowest BCUT2D eigenvalue weighted by atomic mass is 10.1. The summed E-state index contributed by atoms with van der Waals surface area (Å²) in [7, 11) is 1.55. The minimum absolute atomic E-state index is 0.0332. The molecule has 2 amide bonds. The van der Waals surface area contributed by atoms with Gasteiger partial charge in [0.1, 0.15) is 11.2 Å².